The van der Waals surface area contributed by atoms with Gasteiger partial charge in [-0.25, -0.2) is 14.8 Å². The number of hydrogen-bond donors (Lipinski definition) is 2. The van der Waals surface area contributed by atoms with Gasteiger partial charge < -0.3 is 20.0 Å². The van der Waals surface area contributed by atoms with Gasteiger partial charge in [-0.2, -0.15) is 18.3 Å². The maximum Gasteiger partial charge on any atom is 0.419 e. The number of nitrogens with one attached hydrogen (secondary N) is 2. The molecule has 15 nitrogen and oxygen atoms in total. The van der Waals surface area contributed by atoms with E-state index in [9.17, 15) is 31.8 Å². The van der Waals surface area contributed by atoms with E-state index in [4.69, 9.17) is 0 Å². The summed E-state index contributed by atoms with van der Waals surface area (Å²) in [7, 11) is 2.16. The molecule has 0 radical (unpaired) electrons. The molecule has 2 unspecified atom stereocenters. The molecule has 3 saturated heterocycles. The first-order valence-electron chi connectivity index (χ1n) is 21.2. The maximum absolute atomic E-state index is 13.7. The molecular weight excluding hydrogens is 824 g/mol. The summed E-state index contributed by atoms with van der Waals surface area (Å²) in [6, 6.07) is 10.7. The van der Waals surface area contributed by atoms with Gasteiger partial charge in [0.15, 0.2) is 0 Å². The van der Waals surface area contributed by atoms with Gasteiger partial charge in [0, 0.05) is 106 Å². The van der Waals surface area contributed by atoms with Crippen LogP contribution in [0.2, 0.25) is 0 Å². The van der Waals surface area contributed by atoms with Crippen molar-refractivity contribution >= 4 is 51.0 Å². The monoisotopic (exact) mass is 875 g/mol. The third-order valence-electron chi connectivity index (χ3n) is 12.4. The van der Waals surface area contributed by atoms with Gasteiger partial charge in [-0.3, -0.25) is 32.9 Å². The third-order valence-corrected chi connectivity index (χ3v) is 13.8. The predicted octanol–water partition coefficient (Wildman–Crippen LogP) is 5.00. The quantitative estimate of drug-likeness (QED) is 0.121. The van der Waals surface area contributed by atoms with Crippen LogP contribution in [0.25, 0.3) is 22.3 Å². The number of rotatable bonds is 13. The van der Waals surface area contributed by atoms with Crippen LogP contribution in [0, 0.1) is 12.8 Å². The Hall–Kier alpha value is -5.40. The number of imide groups is 1. The highest BCUT2D eigenvalue weighted by Crippen LogP contribution is 2.36. The highest BCUT2D eigenvalue weighted by molar-refractivity contribution is 7.85. The summed E-state index contributed by atoms with van der Waals surface area (Å²) in [5.74, 6) is 0.439. The van der Waals surface area contributed by atoms with E-state index in [1.54, 1.807) is 30.8 Å². The second-order valence-electron chi connectivity index (χ2n) is 16.6. The molecular formula is C43H52F3N11O4S. The molecule has 3 aliphatic heterocycles. The fourth-order valence-corrected chi connectivity index (χ4v) is 10.1. The van der Waals surface area contributed by atoms with Crippen molar-refractivity contribution in [3.63, 3.8) is 0 Å². The van der Waals surface area contributed by atoms with Gasteiger partial charge in [0.05, 0.1) is 33.7 Å². The molecule has 2 amide bonds. The minimum absolute atomic E-state index is 0.0148. The summed E-state index contributed by atoms with van der Waals surface area (Å²) < 4.78 is 58.9. The Kier molecular flexibility index (Phi) is 12.7. The van der Waals surface area contributed by atoms with E-state index in [2.05, 4.69) is 40.4 Å². The summed E-state index contributed by atoms with van der Waals surface area (Å²) >= 11 is 0. The first-order chi connectivity index (χ1) is 29.7. The lowest BCUT2D eigenvalue weighted by Crippen LogP contribution is -2.49. The van der Waals surface area contributed by atoms with E-state index in [0.29, 0.717) is 34.2 Å². The van der Waals surface area contributed by atoms with Crippen molar-refractivity contribution in [3.05, 3.63) is 76.6 Å². The minimum Gasteiger partial charge on any atom is -0.371 e. The molecule has 19 heteroatoms. The minimum atomic E-state index is -4.63. The number of halogens is 3. The first-order valence-corrected chi connectivity index (χ1v) is 22.5. The number of imidazole rings is 1. The Morgan fingerprint density at radius 1 is 0.903 bits per heavy atom. The van der Waals surface area contributed by atoms with Crippen molar-refractivity contribution in [1.82, 2.24) is 44.0 Å². The van der Waals surface area contributed by atoms with Gasteiger partial charge in [-0.1, -0.05) is 0 Å². The Morgan fingerprint density at radius 3 is 2.35 bits per heavy atom. The van der Waals surface area contributed by atoms with E-state index in [1.165, 1.54) is 21.6 Å². The molecule has 330 valence electrons. The molecule has 0 spiro atoms. The predicted molar refractivity (Wildman–Crippen MR) is 231 cm³/mol. The number of piperazine rings is 1. The molecule has 5 aromatic rings. The number of aromatic nitrogens is 6. The Morgan fingerprint density at radius 2 is 1.66 bits per heavy atom. The van der Waals surface area contributed by atoms with Gasteiger partial charge in [0.1, 0.15) is 11.6 Å². The average molecular weight is 876 g/mol. The van der Waals surface area contributed by atoms with Gasteiger partial charge in [-0.15, -0.1) is 0 Å². The van der Waals surface area contributed by atoms with Crippen molar-refractivity contribution in [3.8, 4) is 11.3 Å². The molecule has 3 aromatic heterocycles. The summed E-state index contributed by atoms with van der Waals surface area (Å²) in [6.45, 7) is 9.85. The third kappa shape index (κ3) is 9.49. The molecule has 2 N–H and O–H groups in total. The summed E-state index contributed by atoms with van der Waals surface area (Å²) in [6.07, 6.45) is 3.42. The van der Waals surface area contributed by atoms with E-state index >= 15 is 0 Å². The molecule has 6 heterocycles. The molecule has 3 fully saturated rings. The van der Waals surface area contributed by atoms with Crippen molar-refractivity contribution in [2.24, 2.45) is 20.0 Å². The van der Waals surface area contributed by atoms with Gasteiger partial charge in [0.2, 0.25) is 17.8 Å². The fourth-order valence-electron chi connectivity index (χ4n) is 8.85. The zero-order valence-corrected chi connectivity index (χ0v) is 36.0. The maximum atomic E-state index is 13.7. The number of piperidine rings is 2. The molecule has 2 atom stereocenters. The average Bonchev–Trinajstić information content (AvgIpc) is 3.79. The number of amides is 2. The summed E-state index contributed by atoms with van der Waals surface area (Å²) in [5, 5.41) is 9.38. The van der Waals surface area contributed by atoms with Crippen LogP contribution in [0.5, 0.6) is 0 Å². The molecule has 2 aromatic carbocycles. The Bertz CT molecular complexity index is 2540. The van der Waals surface area contributed by atoms with Crippen molar-refractivity contribution in [2.45, 2.75) is 62.6 Å². The van der Waals surface area contributed by atoms with E-state index < -0.39 is 34.5 Å². The van der Waals surface area contributed by atoms with Crippen LogP contribution in [-0.4, -0.2) is 113 Å². The molecule has 62 heavy (non-hydrogen) atoms. The van der Waals surface area contributed by atoms with Crippen molar-refractivity contribution in [1.29, 1.82) is 0 Å². The lowest BCUT2D eigenvalue weighted by atomic mass is 9.95. The molecule has 0 aliphatic carbocycles. The Labute approximate surface area is 359 Å². The van der Waals surface area contributed by atoms with Crippen LogP contribution in [0.3, 0.4) is 0 Å². The van der Waals surface area contributed by atoms with Gasteiger partial charge in [0.25, 0.3) is 0 Å². The standard InChI is InChI=1S/C43H52F3N11O4S/c1-28-22-32(7-8-34(28)49-41-47-25-33(43(44,45)46)39(51-41)30-24-48-52(2)27-30)62(61)21-5-4-14-54-17-19-55(20-18-54)26-29-12-15-56(16-13-29)31-6-9-35-37(23-31)53(3)42(60)57(35)36-10-11-38(58)50-40(36)59/h6-9,22-25,27,29,36H,4-5,10-21,26H2,1-3H3,(H,47,49,51)(H,50,58,59). The van der Waals surface area contributed by atoms with E-state index in [0.717, 1.165) is 101 Å². The lowest BCUT2D eigenvalue weighted by molar-refractivity contribution is -0.138. The van der Waals surface area contributed by atoms with Crippen LogP contribution < -0.4 is 21.2 Å². The Balaban J connectivity index is 0.752. The van der Waals surface area contributed by atoms with Gasteiger partial charge in [-0.05, 0) is 93.5 Å². The first kappa shape index (κ1) is 43.3. The van der Waals surface area contributed by atoms with Crippen LogP contribution >= 0.6 is 0 Å². The number of aryl methyl sites for hydroxylation is 3. The molecule has 0 bridgehead atoms. The lowest BCUT2D eigenvalue weighted by Gasteiger charge is -2.39. The number of nitrogens with zero attached hydrogens (tertiary/aromatic N) is 9. The number of carbonyl (C=O) groups excluding carboxylic acids is 2. The number of hydrogen-bond acceptors (Lipinski definition) is 11. The van der Waals surface area contributed by atoms with Crippen molar-refractivity contribution in [2.75, 3.05) is 68.3 Å². The zero-order chi connectivity index (χ0) is 43.7. The number of anilines is 3. The second kappa shape index (κ2) is 18.1. The summed E-state index contributed by atoms with van der Waals surface area (Å²) in [4.78, 5) is 53.8. The molecule has 3 aliphatic rings. The fraction of sp³-hybridized carbons (Fsp3) is 0.488. The molecule has 8 rings (SSSR count). The van der Waals surface area contributed by atoms with E-state index in [-0.39, 0.29) is 35.2 Å². The van der Waals surface area contributed by atoms with Crippen LogP contribution in [0.1, 0.15) is 55.7 Å². The van der Waals surface area contributed by atoms with Gasteiger partial charge >= 0.3 is 11.9 Å². The molecule has 0 saturated carbocycles. The number of alkyl halides is 3. The zero-order valence-electron chi connectivity index (χ0n) is 35.2. The smallest absolute Gasteiger partial charge is 0.371 e. The van der Waals surface area contributed by atoms with Crippen LogP contribution in [0.15, 0.2) is 64.7 Å². The van der Waals surface area contributed by atoms with E-state index in [1.807, 2.05) is 31.2 Å². The largest absolute Gasteiger partial charge is 0.419 e. The van der Waals surface area contributed by atoms with Crippen LogP contribution in [-0.2, 0) is 40.7 Å². The number of benzene rings is 2. The highest BCUT2D eigenvalue weighted by Gasteiger charge is 2.36. The number of unbranched alkanes of at least 4 members (excludes halogenated alkanes) is 1. The summed E-state index contributed by atoms with van der Waals surface area (Å²) in [5.41, 5.74) is 2.68. The highest BCUT2D eigenvalue weighted by atomic mass is 32.2. The number of carbonyl (C=O) groups is 2. The van der Waals surface area contributed by atoms with Crippen molar-refractivity contribution < 1.29 is 27.0 Å². The number of fused-ring (bicyclic) bond motifs is 1. The second-order valence-corrected chi connectivity index (χ2v) is 18.2. The van der Waals surface area contributed by atoms with Crippen LogP contribution in [0.4, 0.5) is 30.5 Å². The topological polar surface area (TPSA) is 156 Å². The normalized spacial score (nSPS) is 19.0. The SMILES string of the molecule is Cc1cc(S(=O)CCCCN2CCN(CC3CCN(c4ccc5c(c4)n(C)c(=O)n5C4CCC(=O)NC4=O)CC3)CC2)ccc1Nc1ncc(C(F)(F)F)c(-c2cnn(C)c2)n1.